The largest absolute Gasteiger partial charge is 0.452 e. The van der Waals surface area contributed by atoms with Gasteiger partial charge in [-0.2, -0.15) is 0 Å². The third-order valence-electron chi connectivity index (χ3n) is 5.02. The van der Waals surface area contributed by atoms with Crippen molar-refractivity contribution in [3.05, 3.63) is 47.0 Å². The average Bonchev–Trinajstić information content (AvgIpc) is 3.29. The molecule has 10 nitrogen and oxygen atoms in total. The van der Waals surface area contributed by atoms with Gasteiger partial charge in [0, 0.05) is 19.1 Å². The minimum absolute atomic E-state index is 0.212. The molecule has 2 aromatic carbocycles. The number of amides is 2. The van der Waals surface area contributed by atoms with Gasteiger partial charge in [-0.15, -0.1) is 0 Å². The van der Waals surface area contributed by atoms with E-state index in [0.29, 0.717) is 21.5 Å². The number of esters is 1. The summed E-state index contributed by atoms with van der Waals surface area (Å²) in [7, 11) is 3.13. The first-order chi connectivity index (χ1) is 15.2. The van der Waals surface area contributed by atoms with Gasteiger partial charge in [0.1, 0.15) is 0 Å². The minimum atomic E-state index is -1.52. The molecule has 12 heteroatoms. The van der Waals surface area contributed by atoms with Crippen molar-refractivity contribution in [1.29, 1.82) is 0 Å². The lowest BCUT2D eigenvalue weighted by atomic mass is 10.2. The number of hydrogen-bond acceptors (Lipinski definition) is 9. The smallest absolute Gasteiger partial charge is 0.338 e. The fraction of sp³-hybridized carbons (Fsp3) is 0.200. The lowest BCUT2D eigenvalue weighted by molar-refractivity contribution is -0.123. The second-order valence-corrected chi connectivity index (χ2v) is 8.46. The normalized spacial score (nSPS) is 16.9. The summed E-state index contributed by atoms with van der Waals surface area (Å²) in [5.41, 5.74) is 7.82. The number of likely N-dealkylation sites (N-methyl/N-ethyl adjacent to an activating group) is 2. The number of aromatic nitrogens is 1. The number of anilines is 3. The van der Waals surface area contributed by atoms with E-state index in [4.69, 9.17) is 22.1 Å². The number of nitrogens with zero attached hydrogens (tertiary/aromatic N) is 2. The lowest BCUT2D eigenvalue weighted by Crippen LogP contribution is -2.64. The van der Waals surface area contributed by atoms with Crippen LogP contribution in [0.4, 0.5) is 16.5 Å². The Morgan fingerprint density at radius 2 is 2.06 bits per heavy atom. The van der Waals surface area contributed by atoms with Gasteiger partial charge >= 0.3 is 5.97 Å². The van der Waals surface area contributed by atoms with Crippen molar-refractivity contribution in [1.82, 2.24) is 10.3 Å². The zero-order chi connectivity index (χ0) is 23.0. The fourth-order valence-electron chi connectivity index (χ4n) is 3.31. The maximum absolute atomic E-state index is 12.6. The Morgan fingerprint density at radius 1 is 1.28 bits per heavy atom. The molecule has 0 radical (unpaired) electrons. The van der Waals surface area contributed by atoms with E-state index in [9.17, 15) is 14.4 Å². The molecule has 0 saturated carbocycles. The van der Waals surface area contributed by atoms with Gasteiger partial charge < -0.3 is 31.3 Å². The summed E-state index contributed by atoms with van der Waals surface area (Å²) in [6, 6.07) is 10.0. The third-order valence-corrected chi connectivity index (χ3v) is 6.19. The van der Waals surface area contributed by atoms with Crippen LogP contribution in [0.25, 0.3) is 10.2 Å². The number of nitrogens with one attached hydrogen (secondary N) is 3. The second-order valence-electron chi connectivity index (χ2n) is 7.00. The van der Waals surface area contributed by atoms with Gasteiger partial charge in [-0.1, -0.05) is 22.9 Å². The highest BCUT2D eigenvalue weighted by atomic mass is 35.5. The molecule has 1 unspecified atom stereocenters. The van der Waals surface area contributed by atoms with E-state index in [-0.39, 0.29) is 5.56 Å². The predicted octanol–water partition coefficient (Wildman–Crippen LogP) is 1.97. The summed E-state index contributed by atoms with van der Waals surface area (Å²) in [6.07, 6.45) is 0. The number of halogens is 1. The number of thiazole rings is 1. The Bertz CT molecular complexity index is 1250. The van der Waals surface area contributed by atoms with Crippen LogP contribution in [0.15, 0.2) is 36.4 Å². The molecular formula is C20H19ClN6O4S. The van der Waals surface area contributed by atoms with Gasteiger partial charge in [-0.25, -0.2) is 9.78 Å². The number of nitrogens with two attached hydrogens (primary N) is 1. The van der Waals surface area contributed by atoms with Crippen LogP contribution in [0.2, 0.25) is 5.02 Å². The van der Waals surface area contributed by atoms with Crippen LogP contribution in [-0.4, -0.2) is 49.3 Å². The van der Waals surface area contributed by atoms with Gasteiger partial charge in [0.05, 0.1) is 27.2 Å². The van der Waals surface area contributed by atoms with Crippen molar-refractivity contribution in [2.75, 3.05) is 36.2 Å². The number of carbonyl (C=O) groups is 3. The maximum atomic E-state index is 12.6. The maximum Gasteiger partial charge on any atom is 0.338 e. The van der Waals surface area contributed by atoms with Gasteiger partial charge in [0.15, 0.2) is 11.7 Å². The molecule has 1 aliphatic heterocycles. The molecule has 4 rings (SSSR count). The summed E-state index contributed by atoms with van der Waals surface area (Å²) in [4.78, 5) is 42.3. The molecule has 0 saturated heterocycles. The van der Waals surface area contributed by atoms with Crippen LogP contribution in [0.3, 0.4) is 0 Å². The monoisotopic (exact) mass is 474 g/mol. The summed E-state index contributed by atoms with van der Waals surface area (Å²) in [6.45, 7) is -0.395. The number of carbonyl (C=O) groups excluding carboxylic acids is 3. The molecule has 3 aromatic rings. The molecule has 2 amide bonds. The number of rotatable bonds is 6. The van der Waals surface area contributed by atoms with Gasteiger partial charge in [-0.05, 0) is 36.4 Å². The van der Waals surface area contributed by atoms with Crippen LogP contribution in [0.1, 0.15) is 10.4 Å². The Kier molecular flexibility index (Phi) is 5.53. The Hall–Kier alpha value is -3.57. The molecule has 32 heavy (non-hydrogen) atoms. The molecule has 166 valence electrons. The van der Waals surface area contributed by atoms with E-state index in [0.717, 1.165) is 10.2 Å². The van der Waals surface area contributed by atoms with Crippen LogP contribution in [0.5, 0.6) is 0 Å². The molecule has 1 atom stereocenters. The molecule has 1 aromatic heterocycles. The predicted molar refractivity (Wildman–Crippen MR) is 123 cm³/mol. The van der Waals surface area contributed by atoms with Crippen LogP contribution in [0, 0.1) is 0 Å². The third kappa shape index (κ3) is 3.76. The first-order valence-corrected chi connectivity index (χ1v) is 10.6. The Labute approximate surface area is 191 Å². The molecule has 0 spiro atoms. The Morgan fingerprint density at radius 3 is 2.78 bits per heavy atom. The molecule has 0 bridgehead atoms. The minimum Gasteiger partial charge on any atom is -0.452 e. The molecule has 0 aliphatic carbocycles. The van der Waals surface area contributed by atoms with E-state index in [2.05, 4.69) is 20.9 Å². The first kappa shape index (κ1) is 21.7. The fourth-order valence-corrected chi connectivity index (χ4v) is 4.50. The summed E-state index contributed by atoms with van der Waals surface area (Å²) < 4.78 is 5.83. The zero-order valence-electron chi connectivity index (χ0n) is 17.1. The molecular weight excluding hydrogens is 456 g/mol. The standard InChI is InChI=1S/C20H19ClN6O4S/c1-23-16(28)9-31-17(29)10-3-6-14-13(7-10)25-20(18(22)30,27(14)2)26-19-24-12-5-4-11(21)8-15(12)32-19/h3-8,25H,9H2,1-2H3,(H2,22,30)(H,23,28)(H,24,26). The van der Waals surface area contributed by atoms with Crippen molar-refractivity contribution in [2.45, 2.75) is 5.79 Å². The van der Waals surface area contributed by atoms with E-state index in [1.54, 1.807) is 42.3 Å². The summed E-state index contributed by atoms with van der Waals surface area (Å²) in [5, 5.41) is 9.57. The van der Waals surface area contributed by atoms with Gasteiger partial charge in [0.2, 0.25) is 0 Å². The molecule has 2 heterocycles. The topological polar surface area (TPSA) is 139 Å². The first-order valence-electron chi connectivity index (χ1n) is 9.41. The van der Waals surface area contributed by atoms with E-state index in [1.165, 1.54) is 24.5 Å². The number of primary amides is 1. The van der Waals surface area contributed by atoms with E-state index in [1.807, 2.05) is 0 Å². The molecule has 5 N–H and O–H groups in total. The summed E-state index contributed by atoms with van der Waals surface area (Å²) in [5.74, 6) is -3.32. The molecule has 1 aliphatic rings. The van der Waals surface area contributed by atoms with Crippen molar-refractivity contribution in [3.63, 3.8) is 0 Å². The average molecular weight is 475 g/mol. The SMILES string of the molecule is CNC(=O)COC(=O)c1ccc2c(c1)NC(Nc1nc3ccc(Cl)cc3s1)(C(N)=O)N2C. The van der Waals surface area contributed by atoms with Crippen LogP contribution < -0.4 is 26.6 Å². The highest BCUT2D eigenvalue weighted by Crippen LogP contribution is 2.41. The van der Waals surface area contributed by atoms with Crippen molar-refractivity contribution < 1.29 is 19.1 Å². The zero-order valence-corrected chi connectivity index (χ0v) is 18.6. The van der Waals surface area contributed by atoms with E-state index >= 15 is 0 Å². The number of hydrogen-bond donors (Lipinski definition) is 4. The van der Waals surface area contributed by atoms with Crippen molar-refractivity contribution >= 4 is 67.4 Å². The van der Waals surface area contributed by atoms with Crippen molar-refractivity contribution in [2.24, 2.45) is 5.73 Å². The van der Waals surface area contributed by atoms with E-state index < -0.39 is 30.2 Å². The van der Waals surface area contributed by atoms with Crippen molar-refractivity contribution in [3.8, 4) is 0 Å². The lowest BCUT2D eigenvalue weighted by Gasteiger charge is -2.34. The highest BCUT2D eigenvalue weighted by molar-refractivity contribution is 7.22. The number of ether oxygens (including phenoxy) is 1. The molecule has 0 fully saturated rings. The van der Waals surface area contributed by atoms with Gasteiger partial charge in [-0.3, -0.25) is 9.59 Å². The summed E-state index contributed by atoms with van der Waals surface area (Å²) >= 11 is 7.37. The van der Waals surface area contributed by atoms with Crippen LogP contribution >= 0.6 is 22.9 Å². The van der Waals surface area contributed by atoms with Crippen LogP contribution in [-0.2, 0) is 14.3 Å². The van der Waals surface area contributed by atoms with Gasteiger partial charge in [0.25, 0.3) is 17.6 Å². The second kappa shape index (κ2) is 8.17. The highest BCUT2D eigenvalue weighted by Gasteiger charge is 2.48. The Balaban J connectivity index is 1.62. The number of benzene rings is 2. The number of fused-ring (bicyclic) bond motifs is 2. The quantitative estimate of drug-likeness (QED) is 0.398.